The van der Waals surface area contributed by atoms with Crippen LogP contribution in [0.5, 0.6) is 0 Å². The number of hydrogen-bond acceptors (Lipinski definition) is 3. The zero-order valence-corrected chi connectivity index (χ0v) is 21.4. The maximum absolute atomic E-state index is 13.3. The van der Waals surface area contributed by atoms with Crippen molar-refractivity contribution in [2.75, 3.05) is 6.61 Å². The molecule has 0 unspecified atom stereocenters. The van der Waals surface area contributed by atoms with Crippen LogP contribution in [0.4, 0.5) is 0 Å². The van der Waals surface area contributed by atoms with E-state index in [0.717, 1.165) is 0 Å². The third-order valence-corrected chi connectivity index (χ3v) is 17.0. The van der Waals surface area contributed by atoms with E-state index in [-0.39, 0.29) is 40.7 Å². The Bertz CT molecular complexity index is 606. The van der Waals surface area contributed by atoms with Crippen molar-refractivity contribution in [2.24, 2.45) is 5.92 Å². The van der Waals surface area contributed by atoms with E-state index in [2.05, 4.69) is 91.1 Å². The second kappa shape index (κ2) is 8.02. The molecule has 6 heteroatoms. The molecule has 4 nitrogen and oxygen atoms in total. The summed E-state index contributed by atoms with van der Waals surface area (Å²) in [5, 5.41) is 9.22. The average molecular weight is 412 g/mol. The molecule has 27 heavy (non-hydrogen) atoms. The van der Waals surface area contributed by atoms with E-state index in [4.69, 9.17) is 9.53 Å². The van der Waals surface area contributed by atoms with Crippen LogP contribution in [0.2, 0.25) is 36.3 Å². The van der Waals surface area contributed by atoms with Crippen LogP contribution in [0.3, 0.4) is 0 Å². The summed E-state index contributed by atoms with van der Waals surface area (Å²) in [6.07, 6.45) is 0.495. The van der Waals surface area contributed by atoms with Crippen molar-refractivity contribution in [2.45, 2.75) is 103 Å². The van der Waals surface area contributed by atoms with Gasteiger partial charge in [0.15, 0.2) is 16.6 Å². The fraction of sp³-hybridized carbons (Fsp3) is 0.857. The Kier molecular flexibility index (Phi) is 7.25. The van der Waals surface area contributed by atoms with Gasteiger partial charge in [-0.25, -0.2) is 0 Å². The molecule has 1 rings (SSSR count). The van der Waals surface area contributed by atoms with Gasteiger partial charge in [0.25, 0.3) is 0 Å². The van der Waals surface area contributed by atoms with Crippen LogP contribution < -0.4 is 0 Å². The van der Waals surface area contributed by atoms with Crippen LogP contribution in [0.1, 0.15) is 54.9 Å². The van der Waals surface area contributed by atoms with Gasteiger partial charge in [-0.05, 0) is 30.1 Å². The van der Waals surface area contributed by atoms with Crippen molar-refractivity contribution in [3.05, 3.63) is 0 Å². The predicted octanol–water partition coefficient (Wildman–Crippen LogP) is 4.61. The Hall–Kier alpha value is -0.616. The van der Waals surface area contributed by atoms with Crippen LogP contribution >= 0.6 is 0 Å². The van der Waals surface area contributed by atoms with Gasteiger partial charge in [0, 0.05) is 12.5 Å². The molecule has 0 bridgehead atoms. The first-order valence-electron chi connectivity index (χ1n) is 10.1. The summed E-state index contributed by atoms with van der Waals surface area (Å²) in [7, 11) is -3.93. The first-order valence-corrected chi connectivity index (χ1v) is 15.9. The highest BCUT2D eigenvalue weighted by molar-refractivity contribution is 6.80. The number of aliphatic hydroxyl groups is 1. The summed E-state index contributed by atoms with van der Waals surface area (Å²) in [5.74, 6) is 5.92. The topological polar surface area (TPSA) is 49.8 Å². The first kappa shape index (κ1) is 24.4. The van der Waals surface area contributed by atoms with Gasteiger partial charge in [-0.1, -0.05) is 66.5 Å². The molecule has 0 aromatic heterocycles. The number of rotatable bonds is 5. The monoisotopic (exact) mass is 411 g/mol. The summed E-state index contributed by atoms with van der Waals surface area (Å²) >= 11 is 0. The van der Waals surface area contributed by atoms with E-state index in [9.17, 15) is 4.79 Å². The molecule has 1 fully saturated rings. The lowest BCUT2D eigenvalue weighted by atomic mass is 9.84. The van der Waals surface area contributed by atoms with Crippen LogP contribution in [0.15, 0.2) is 0 Å². The molecule has 0 saturated carbocycles. The molecule has 156 valence electrons. The first-order chi connectivity index (χ1) is 12.0. The highest BCUT2D eigenvalue weighted by Crippen LogP contribution is 2.47. The summed E-state index contributed by atoms with van der Waals surface area (Å²) in [4.78, 5) is 13.3. The van der Waals surface area contributed by atoms with Gasteiger partial charge in [0.05, 0.1) is 12.0 Å². The highest BCUT2D eigenvalue weighted by atomic mass is 28.4. The van der Waals surface area contributed by atoms with Crippen molar-refractivity contribution in [3.63, 3.8) is 0 Å². The number of aliphatic hydroxyl groups excluding tert-OH is 1. The third-order valence-electron chi connectivity index (χ3n) is 7.01. The lowest BCUT2D eigenvalue weighted by molar-refractivity contribution is -0.153. The van der Waals surface area contributed by atoms with Gasteiger partial charge in [0.1, 0.15) is 6.61 Å². The molecule has 0 spiro atoms. The lowest BCUT2D eigenvalue weighted by Crippen LogP contribution is -2.74. The standard InChI is InChI=1S/C21H41NO3Si2/c1-16(25-27(10,11)21(5,6)7)18-17(14-12-13-15-23)22(19(18)24)26(8,9)20(2,3)4/h16-18,23H,14-15H2,1-11H3/t16-,17-,18-/m1/s1. The molecule has 1 heterocycles. The van der Waals surface area contributed by atoms with Crippen molar-refractivity contribution in [1.82, 2.24) is 4.57 Å². The van der Waals surface area contributed by atoms with Crippen molar-refractivity contribution >= 4 is 22.5 Å². The van der Waals surface area contributed by atoms with E-state index in [1.165, 1.54) is 0 Å². The van der Waals surface area contributed by atoms with Crippen LogP contribution in [-0.4, -0.2) is 50.9 Å². The lowest BCUT2D eigenvalue weighted by Gasteiger charge is -2.60. The molecule has 1 amide bonds. The van der Waals surface area contributed by atoms with Gasteiger partial charge in [-0.2, -0.15) is 0 Å². The number of nitrogens with zero attached hydrogens (tertiary/aromatic N) is 1. The minimum atomic E-state index is -1.98. The van der Waals surface area contributed by atoms with Crippen LogP contribution in [0.25, 0.3) is 0 Å². The number of amides is 1. The van der Waals surface area contributed by atoms with Gasteiger partial charge >= 0.3 is 0 Å². The minimum Gasteiger partial charge on any atom is -0.413 e. The zero-order chi connectivity index (χ0) is 21.4. The minimum absolute atomic E-state index is 0.0808. The van der Waals surface area contributed by atoms with Crippen LogP contribution in [-0.2, 0) is 9.22 Å². The number of carbonyl (C=O) groups excluding carboxylic acids is 1. The summed E-state index contributed by atoms with van der Waals surface area (Å²) in [6, 6.07) is 0.0808. The van der Waals surface area contributed by atoms with Gasteiger partial charge in [0.2, 0.25) is 5.91 Å². The highest BCUT2D eigenvalue weighted by Gasteiger charge is 2.59. The summed E-state index contributed by atoms with van der Waals surface area (Å²) in [5.41, 5.74) is 0. The fourth-order valence-electron chi connectivity index (χ4n) is 3.30. The molecule has 1 saturated heterocycles. The second-order valence-electron chi connectivity index (χ2n) is 10.9. The number of hydrogen-bond donors (Lipinski definition) is 1. The van der Waals surface area contributed by atoms with Gasteiger partial charge in [-0.15, -0.1) is 0 Å². The van der Waals surface area contributed by atoms with Crippen molar-refractivity contribution < 1.29 is 14.3 Å². The van der Waals surface area contributed by atoms with E-state index in [1.54, 1.807) is 0 Å². The van der Waals surface area contributed by atoms with E-state index in [0.29, 0.717) is 6.42 Å². The molecular weight excluding hydrogens is 370 g/mol. The molecule has 1 aliphatic rings. The van der Waals surface area contributed by atoms with Crippen molar-refractivity contribution in [3.8, 4) is 11.8 Å². The fourth-order valence-corrected chi connectivity index (χ4v) is 7.23. The molecule has 0 aliphatic carbocycles. The third kappa shape index (κ3) is 4.87. The Morgan fingerprint density at radius 2 is 1.59 bits per heavy atom. The molecule has 0 aromatic carbocycles. The van der Waals surface area contributed by atoms with Crippen molar-refractivity contribution in [1.29, 1.82) is 0 Å². The normalized spacial score (nSPS) is 22.8. The summed E-state index contributed by atoms with van der Waals surface area (Å²) < 4.78 is 8.72. The zero-order valence-electron chi connectivity index (χ0n) is 19.4. The molecule has 1 N–H and O–H groups in total. The molecule has 0 radical (unpaired) electrons. The smallest absolute Gasteiger partial charge is 0.222 e. The maximum Gasteiger partial charge on any atom is 0.222 e. The quantitative estimate of drug-likeness (QED) is 0.408. The molecule has 0 aromatic rings. The Labute approximate surface area is 169 Å². The molecule has 3 atom stereocenters. The van der Waals surface area contributed by atoms with Gasteiger partial charge in [-0.3, -0.25) is 4.79 Å². The number of β-lactam (4-membered cyclic amide) rings is 1. The molecular formula is C21H41NO3Si2. The second-order valence-corrected chi connectivity index (χ2v) is 20.8. The maximum atomic E-state index is 13.3. The summed E-state index contributed by atoms with van der Waals surface area (Å²) in [6.45, 7) is 24.3. The van der Waals surface area contributed by atoms with E-state index < -0.39 is 16.6 Å². The Balaban J connectivity index is 3.14. The predicted molar refractivity (Wildman–Crippen MR) is 119 cm³/mol. The van der Waals surface area contributed by atoms with Crippen LogP contribution in [0, 0.1) is 17.8 Å². The molecule has 1 aliphatic heterocycles. The SMILES string of the molecule is C[C@@H](O[Si](C)(C)C(C)(C)C)[C@H]1C(=O)N([Si](C)(C)C(C)(C)C)[C@@H]1CC#CCO. The average Bonchev–Trinajstić information content (AvgIpc) is 2.42. The largest absolute Gasteiger partial charge is 0.413 e. The Morgan fingerprint density at radius 1 is 1.07 bits per heavy atom. The van der Waals surface area contributed by atoms with E-state index >= 15 is 0 Å². The van der Waals surface area contributed by atoms with Gasteiger partial charge < -0.3 is 14.1 Å². The Morgan fingerprint density at radius 3 is 2.00 bits per heavy atom. The number of carbonyl (C=O) groups is 1. The van der Waals surface area contributed by atoms with E-state index in [1.807, 2.05) is 0 Å².